The van der Waals surface area contributed by atoms with E-state index in [1.807, 2.05) is 11.1 Å². The molecule has 5 aliphatic rings. The summed E-state index contributed by atoms with van der Waals surface area (Å²) in [6.45, 7) is 2.41. The average molecular weight is 924 g/mol. The minimum Gasteiger partial charge on any atom is -0.305 e. The van der Waals surface area contributed by atoms with E-state index in [0.29, 0.717) is 0 Å². The largest absolute Gasteiger partial charge is 0.305 e. The molecule has 1 N–H and O–H groups in total. The molecule has 0 saturated carbocycles. The van der Waals surface area contributed by atoms with Crippen molar-refractivity contribution in [2.24, 2.45) is 0 Å². The van der Waals surface area contributed by atoms with E-state index in [-0.39, 0.29) is 22.9 Å². The fraction of sp³-hybridized carbons (Fsp3) is 0.135. The molecule has 0 amide bonds. The highest BCUT2D eigenvalue weighted by molar-refractivity contribution is 6.82. The number of hydrogen-bond acceptors (Lipinski definition) is 1. The Kier molecular flexibility index (Phi) is 2.76. The third-order valence-electron chi connectivity index (χ3n) is 27.3. The number of benzene rings is 19. The van der Waals surface area contributed by atoms with Crippen LogP contribution in [0, 0.1) is 0 Å². The van der Waals surface area contributed by atoms with Gasteiger partial charge < -0.3 is 5.32 Å². The highest BCUT2D eigenvalue weighted by Crippen LogP contribution is 2.87. The third kappa shape index (κ3) is 1.67. The lowest BCUT2D eigenvalue weighted by Crippen LogP contribution is -2.55. The molecular weight excluding hydrogens is 903 g/mol. The molecule has 0 bridgehead atoms. The van der Waals surface area contributed by atoms with Gasteiger partial charge in [0.25, 0.3) is 0 Å². The zero-order chi connectivity index (χ0) is 45.0. The van der Waals surface area contributed by atoms with Crippen molar-refractivity contribution >= 4 is 291 Å². The van der Waals surface area contributed by atoms with E-state index in [1.54, 1.807) is 302 Å². The lowest BCUT2D eigenvalue weighted by Gasteiger charge is -2.53. The molecule has 75 heavy (non-hydrogen) atoms. The van der Waals surface area contributed by atoms with Crippen molar-refractivity contribution < 1.29 is 0 Å². The van der Waals surface area contributed by atoms with E-state index in [9.17, 15) is 0 Å². The molecule has 34 rings (SSSR count). The van der Waals surface area contributed by atoms with Crippen LogP contribution in [0.4, 0.5) is 0 Å². The van der Waals surface area contributed by atoms with Gasteiger partial charge in [0.2, 0.25) is 0 Å². The van der Waals surface area contributed by atoms with Crippen LogP contribution in [-0.2, 0) is 10.8 Å². The summed E-state index contributed by atoms with van der Waals surface area (Å²) < 4.78 is 0. The first kappa shape index (κ1) is 29.5. The van der Waals surface area contributed by atoms with Crippen LogP contribution >= 0.6 is 0 Å². The second-order valence-electron chi connectivity index (χ2n) is 27.8. The summed E-state index contributed by atoms with van der Waals surface area (Å²) in [5.41, 5.74) is 8.10. The molecule has 322 valence electrons. The molecule has 1 heterocycles. The Morgan fingerprint density at radius 1 is 0.267 bits per heavy atom. The Morgan fingerprint density at radius 3 is 0.733 bits per heavy atom. The summed E-state index contributed by atoms with van der Waals surface area (Å²) in [5, 5.41) is 96.0. The minimum atomic E-state index is -0.324. The molecular formula is C74H21N. The summed E-state index contributed by atoms with van der Waals surface area (Å²) in [6, 6.07) is 12.6. The van der Waals surface area contributed by atoms with E-state index in [1.165, 1.54) is 37.7 Å². The Labute approximate surface area is 413 Å². The quantitative estimate of drug-likeness (QED) is 0.129. The third-order valence-corrected chi connectivity index (χ3v) is 27.3. The zero-order valence-electron chi connectivity index (χ0n) is 39.6. The molecule has 1 saturated heterocycles. The maximum absolute atomic E-state index is 4.96. The van der Waals surface area contributed by atoms with E-state index in [2.05, 4.69) is 37.3 Å². The van der Waals surface area contributed by atoms with Gasteiger partial charge in [-0.3, -0.25) is 0 Å². The second kappa shape index (κ2) is 7.02. The van der Waals surface area contributed by atoms with Gasteiger partial charge in [-0.05, 0) is 325 Å². The fourth-order valence-electron chi connectivity index (χ4n) is 27.0. The van der Waals surface area contributed by atoms with Gasteiger partial charge in [-0.1, -0.05) is 62.9 Å². The van der Waals surface area contributed by atoms with Crippen LogP contribution in [0.5, 0.6) is 0 Å². The summed E-state index contributed by atoms with van der Waals surface area (Å²) in [6.07, 6.45) is 6.38. The van der Waals surface area contributed by atoms with Crippen LogP contribution in [0.15, 0.2) is 30.3 Å². The predicted molar refractivity (Wildman–Crippen MR) is 319 cm³/mol. The van der Waals surface area contributed by atoms with Gasteiger partial charge in [-0.2, -0.15) is 0 Å². The van der Waals surface area contributed by atoms with E-state index >= 15 is 0 Å². The van der Waals surface area contributed by atoms with Crippen LogP contribution in [0.25, 0.3) is 291 Å². The standard InChI is InChI=1S/C74H21N/c1-2-3-4-8-11-13-73-68-60-52-42-32-24-16-14-15-18-22-20(16)28-36-30(22)40-34-26(18)27-19(15)23-21-17(14)25(24)33-39-29(21)37-31(23)41-35(27)45-44(34)54-48(40)58-50(36)56(46(52)38(28)32)62(68)64(58)70-66(54)67-55(45)49(41)59-51(37)57-47(39)53(43(33)42)61(60)69(73)63(57)65(59)71(67)74(70,73)72(75-13)12-9-6-5-7-10-12/h5-7,9-10,13,72,75H,2-4,8,11H2,1H3. The van der Waals surface area contributed by atoms with Crippen molar-refractivity contribution in [3.05, 3.63) is 58.1 Å². The van der Waals surface area contributed by atoms with Gasteiger partial charge in [0.05, 0.1) is 10.8 Å². The Morgan fingerprint density at radius 2 is 0.493 bits per heavy atom. The van der Waals surface area contributed by atoms with Crippen molar-refractivity contribution in [2.45, 2.75) is 61.9 Å². The zero-order valence-corrected chi connectivity index (χ0v) is 39.6. The van der Waals surface area contributed by atoms with Gasteiger partial charge in [0, 0.05) is 12.1 Å². The molecule has 29 aromatic carbocycles. The van der Waals surface area contributed by atoms with Crippen LogP contribution in [0.2, 0.25) is 0 Å². The lowest BCUT2D eigenvalue weighted by molar-refractivity contribution is 0.320. The van der Waals surface area contributed by atoms with Gasteiger partial charge in [-0.15, -0.1) is 0 Å². The first-order valence-corrected chi connectivity index (χ1v) is 29.0. The number of rotatable bonds is 6. The van der Waals surface area contributed by atoms with Gasteiger partial charge in [-0.25, -0.2) is 0 Å². The van der Waals surface area contributed by atoms with Gasteiger partial charge in [0.1, 0.15) is 0 Å². The molecule has 0 radical (unpaired) electrons. The maximum Gasteiger partial charge on any atom is 0.0575 e. The Hall–Kier alpha value is -8.36. The molecule has 29 aromatic rings. The van der Waals surface area contributed by atoms with E-state index < -0.39 is 0 Å². The van der Waals surface area contributed by atoms with Crippen molar-refractivity contribution in [1.29, 1.82) is 0 Å². The molecule has 1 nitrogen and oxygen atoms in total. The van der Waals surface area contributed by atoms with E-state index in [0.717, 1.165) is 0 Å². The number of hydrogen-bond donors (Lipinski definition) is 1. The monoisotopic (exact) mass is 923 g/mol. The Bertz CT molecular complexity index is 7270. The van der Waals surface area contributed by atoms with E-state index in [4.69, 9.17) is 5.32 Å². The first-order chi connectivity index (χ1) is 37.4. The predicted octanol–water partition coefficient (Wildman–Crippen LogP) is 20.0. The summed E-state index contributed by atoms with van der Waals surface area (Å²) in [7, 11) is 0. The van der Waals surface area contributed by atoms with Crippen molar-refractivity contribution in [1.82, 2.24) is 5.32 Å². The topological polar surface area (TPSA) is 12.0 Å². The first-order valence-electron chi connectivity index (χ1n) is 29.0. The molecule has 1 fully saturated rings. The van der Waals surface area contributed by atoms with Crippen LogP contribution in [0.1, 0.15) is 72.9 Å². The molecule has 0 aromatic heterocycles. The van der Waals surface area contributed by atoms with Crippen molar-refractivity contribution in [2.75, 3.05) is 0 Å². The summed E-state index contributed by atoms with van der Waals surface area (Å²) >= 11 is 0. The van der Waals surface area contributed by atoms with Crippen LogP contribution < -0.4 is 5.32 Å². The summed E-state index contributed by atoms with van der Waals surface area (Å²) in [5.74, 6) is 0. The van der Waals surface area contributed by atoms with Crippen LogP contribution in [-0.4, -0.2) is 6.04 Å². The highest BCUT2D eigenvalue weighted by atomic mass is 15.1. The normalized spacial score (nSPS) is 23.9. The molecule has 2 atom stereocenters. The lowest BCUT2D eigenvalue weighted by atomic mass is 9.45. The van der Waals surface area contributed by atoms with Crippen molar-refractivity contribution in [3.63, 3.8) is 0 Å². The van der Waals surface area contributed by atoms with Gasteiger partial charge >= 0.3 is 0 Å². The molecule has 2 spiro atoms. The second-order valence-corrected chi connectivity index (χ2v) is 27.8. The SMILES string of the molecule is CCCCCCC1NC(c2ccccc2)C23c4c5c6c7c8c9c(c%10c%11c2c2c4c4c%12c5c5c6c6c8c8c%13c9c9c%10c%10c%11c%11c2c2c4c4c%12c%12c5c5c6c8c6c8c%13c9c9c%10c%10c%11c2c2c4c4c%12c5c6c5c8c9c%10c2c45)C713. The highest BCUT2D eigenvalue weighted by Gasteiger charge is 2.77. The summed E-state index contributed by atoms with van der Waals surface area (Å²) in [4.78, 5) is 0. The smallest absolute Gasteiger partial charge is 0.0575 e. The average Bonchev–Trinajstić information content (AvgIpc) is 2.02. The molecule has 2 unspecified atom stereocenters. The Balaban J connectivity index is 1.11. The minimum absolute atomic E-state index is 0.130. The molecule has 4 aliphatic carbocycles. The number of unbranched alkanes of at least 4 members (excludes halogenated alkanes) is 3. The molecule has 1 heteroatoms. The van der Waals surface area contributed by atoms with Gasteiger partial charge in [0.15, 0.2) is 0 Å². The van der Waals surface area contributed by atoms with Crippen LogP contribution in [0.3, 0.4) is 0 Å². The van der Waals surface area contributed by atoms with Crippen molar-refractivity contribution in [3.8, 4) is 0 Å². The number of nitrogens with one attached hydrogen (secondary N) is 1. The molecule has 1 aliphatic heterocycles. The fourth-order valence-corrected chi connectivity index (χ4v) is 27.0. The maximum atomic E-state index is 4.96.